The van der Waals surface area contributed by atoms with Crippen molar-refractivity contribution in [1.29, 1.82) is 5.26 Å². The van der Waals surface area contributed by atoms with Crippen LogP contribution in [-0.4, -0.2) is 14.5 Å². The van der Waals surface area contributed by atoms with Crippen molar-refractivity contribution in [3.63, 3.8) is 0 Å². The molecule has 4 aromatic rings. The van der Waals surface area contributed by atoms with Crippen molar-refractivity contribution in [2.24, 2.45) is 0 Å². The molecule has 5 rings (SSSR count). The molecule has 3 heterocycles. The Morgan fingerprint density at radius 3 is 2.79 bits per heavy atom. The first-order valence-corrected chi connectivity index (χ1v) is 11.2. The maximum atomic E-state index is 13.9. The molecule has 0 radical (unpaired) electrons. The Morgan fingerprint density at radius 2 is 2.00 bits per heavy atom. The van der Waals surface area contributed by atoms with Gasteiger partial charge in [-0.2, -0.15) is 5.26 Å². The van der Waals surface area contributed by atoms with Crippen molar-refractivity contribution < 1.29 is 14.2 Å². The molecule has 7 heteroatoms. The molecule has 0 saturated heterocycles. The van der Waals surface area contributed by atoms with Crippen LogP contribution in [0.1, 0.15) is 46.7 Å². The number of imidazole rings is 1. The third kappa shape index (κ3) is 3.62. The van der Waals surface area contributed by atoms with Gasteiger partial charge >= 0.3 is 0 Å². The van der Waals surface area contributed by atoms with E-state index in [1.807, 2.05) is 47.9 Å². The Kier molecular flexibility index (Phi) is 5.28. The molecule has 1 aliphatic heterocycles. The molecule has 0 bridgehead atoms. The maximum Gasteiger partial charge on any atom is 0.138 e. The molecule has 2 aromatic heterocycles. The minimum Gasteiger partial charge on any atom is -0.488 e. The molecule has 1 atom stereocenters. The number of nitriles is 1. The van der Waals surface area contributed by atoms with Crippen LogP contribution in [0.15, 0.2) is 64.8 Å². The number of pyridine rings is 1. The lowest BCUT2D eigenvalue weighted by atomic mass is 9.89. The van der Waals surface area contributed by atoms with E-state index in [2.05, 4.69) is 27.0 Å². The molecule has 1 N–H and O–H groups in total. The van der Waals surface area contributed by atoms with Crippen molar-refractivity contribution >= 4 is 27.2 Å². The molecule has 1 aliphatic rings. The average molecular weight is 504 g/mol. The van der Waals surface area contributed by atoms with E-state index in [1.54, 1.807) is 13.0 Å². The van der Waals surface area contributed by atoms with Crippen LogP contribution in [0.2, 0.25) is 0 Å². The SMILES string of the molecule is C/C(C#N)=C1/c2ccc(C(O)c3c(C)nc4cc(Br)ccn34)cc2COc2cc(F)ccc21. The van der Waals surface area contributed by atoms with Gasteiger partial charge in [0.25, 0.3) is 0 Å². The van der Waals surface area contributed by atoms with Crippen molar-refractivity contribution in [3.8, 4) is 11.8 Å². The van der Waals surface area contributed by atoms with E-state index < -0.39 is 11.9 Å². The Bertz CT molecular complexity index is 1500. The number of hydrogen-bond acceptors (Lipinski definition) is 4. The second kappa shape index (κ2) is 8.14. The number of nitrogens with zero attached hydrogens (tertiary/aromatic N) is 3. The zero-order chi connectivity index (χ0) is 23.3. The van der Waals surface area contributed by atoms with Crippen LogP contribution < -0.4 is 4.74 Å². The van der Waals surface area contributed by atoms with Gasteiger partial charge in [-0.25, -0.2) is 9.37 Å². The molecule has 33 heavy (non-hydrogen) atoms. The number of benzene rings is 2. The fourth-order valence-electron chi connectivity index (χ4n) is 4.37. The number of aryl methyl sites for hydroxylation is 1. The molecule has 0 amide bonds. The summed E-state index contributed by atoms with van der Waals surface area (Å²) < 4.78 is 22.6. The predicted molar refractivity (Wildman–Crippen MR) is 126 cm³/mol. The van der Waals surface area contributed by atoms with Gasteiger partial charge in [0.05, 0.1) is 17.5 Å². The Labute approximate surface area is 198 Å². The molecule has 1 unspecified atom stereocenters. The average Bonchev–Trinajstić information content (AvgIpc) is 3.03. The maximum absolute atomic E-state index is 13.9. The third-order valence-electron chi connectivity index (χ3n) is 5.92. The van der Waals surface area contributed by atoms with E-state index in [1.165, 1.54) is 12.1 Å². The van der Waals surface area contributed by atoms with Gasteiger partial charge < -0.3 is 14.2 Å². The Morgan fingerprint density at radius 1 is 1.21 bits per heavy atom. The molecule has 164 valence electrons. The van der Waals surface area contributed by atoms with Crippen molar-refractivity contribution in [2.75, 3.05) is 0 Å². The first-order chi connectivity index (χ1) is 15.9. The lowest BCUT2D eigenvalue weighted by molar-refractivity contribution is 0.213. The minimum atomic E-state index is -0.918. The standard InChI is InChI=1S/C26H19BrFN3O2/c1-14(12-29)24-20-5-3-16(9-17(20)13-33-22-11-19(28)4-6-21(22)24)26(32)25-15(2)30-23-10-18(27)7-8-31(23)25/h3-11,26,32H,13H2,1-2H3/b24-14+. The molecular weight excluding hydrogens is 485 g/mol. The number of fused-ring (bicyclic) bond motifs is 3. The first-order valence-electron chi connectivity index (χ1n) is 10.4. The van der Waals surface area contributed by atoms with Gasteiger partial charge in [0.1, 0.15) is 29.9 Å². The molecule has 0 saturated carbocycles. The van der Waals surface area contributed by atoms with E-state index in [9.17, 15) is 14.8 Å². The largest absolute Gasteiger partial charge is 0.488 e. The predicted octanol–water partition coefficient (Wildman–Crippen LogP) is 5.86. The van der Waals surface area contributed by atoms with Gasteiger partial charge in [0, 0.05) is 33.4 Å². The van der Waals surface area contributed by atoms with Gasteiger partial charge in [0.15, 0.2) is 0 Å². The van der Waals surface area contributed by atoms with E-state index >= 15 is 0 Å². The monoisotopic (exact) mass is 503 g/mol. The minimum absolute atomic E-state index is 0.188. The van der Waals surface area contributed by atoms with E-state index in [0.717, 1.165) is 26.9 Å². The lowest BCUT2D eigenvalue weighted by Gasteiger charge is -2.16. The van der Waals surface area contributed by atoms with E-state index in [-0.39, 0.29) is 6.61 Å². The smallest absolute Gasteiger partial charge is 0.138 e. The normalized spacial score (nSPS) is 15.2. The number of aliphatic hydroxyl groups is 1. The van der Waals surface area contributed by atoms with E-state index in [4.69, 9.17) is 4.74 Å². The van der Waals surface area contributed by atoms with Gasteiger partial charge in [-0.3, -0.25) is 0 Å². The summed E-state index contributed by atoms with van der Waals surface area (Å²) in [6, 6.07) is 16.0. The highest BCUT2D eigenvalue weighted by molar-refractivity contribution is 9.10. The quantitative estimate of drug-likeness (QED) is 0.347. The third-order valence-corrected chi connectivity index (χ3v) is 6.41. The van der Waals surface area contributed by atoms with Crippen molar-refractivity contribution in [1.82, 2.24) is 9.38 Å². The number of aromatic nitrogens is 2. The molecule has 0 aliphatic carbocycles. The summed E-state index contributed by atoms with van der Waals surface area (Å²) in [4.78, 5) is 4.57. The van der Waals surface area contributed by atoms with Crippen LogP contribution >= 0.6 is 15.9 Å². The van der Waals surface area contributed by atoms with Crippen molar-refractivity contribution in [2.45, 2.75) is 26.6 Å². The number of aliphatic hydroxyl groups excluding tert-OH is 1. The molecule has 0 fully saturated rings. The summed E-state index contributed by atoms with van der Waals surface area (Å²) in [5.41, 5.74) is 6.35. The van der Waals surface area contributed by atoms with Gasteiger partial charge in [-0.05, 0) is 60.9 Å². The van der Waals surface area contributed by atoms with Crippen LogP contribution in [0.3, 0.4) is 0 Å². The zero-order valence-corrected chi connectivity index (χ0v) is 19.5. The number of allylic oxidation sites excluding steroid dienone is 1. The second-order valence-corrected chi connectivity index (χ2v) is 8.93. The summed E-state index contributed by atoms with van der Waals surface area (Å²) in [5, 5.41) is 20.9. The highest BCUT2D eigenvalue weighted by Crippen LogP contribution is 2.40. The summed E-state index contributed by atoms with van der Waals surface area (Å²) in [7, 11) is 0. The number of halogens is 2. The first kappa shape index (κ1) is 21.4. The second-order valence-electron chi connectivity index (χ2n) is 8.02. The van der Waals surface area contributed by atoms with Gasteiger partial charge in [-0.15, -0.1) is 0 Å². The summed E-state index contributed by atoms with van der Waals surface area (Å²) in [6.07, 6.45) is 0.950. The number of ether oxygens (including phenoxy) is 1. The van der Waals surface area contributed by atoms with Gasteiger partial charge in [0.2, 0.25) is 0 Å². The summed E-state index contributed by atoms with van der Waals surface area (Å²) in [5.74, 6) is -0.0133. The summed E-state index contributed by atoms with van der Waals surface area (Å²) in [6.45, 7) is 3.79. The highest BCUT2D eigenvalue weighted by Gasteiger charge is 2.25. The summed E-state index contributed by atoms with van der Waals surface area (Å²) >= 11 is 3.46. The van der Waals surface area contributed by atoms with Crippen LogP contribution in [0.5, 0.6) is 5.75 Å². The lowest BCUT2D eigenvalue weighted by Crippen LogP contribution is -2.07. The van der Waals surface area contributed by atoms with Crippen LogP contribution in [0, 0.1) is 24.1 Å². The van der Waals surface area contributed by atoms with Crippen LogP contribution in [0.4, 0.5) is 4.39 Å². The number of rotatable bonds is 2. The van der Waals surface area contributed by atoms with E-state index in [0.29, 0.717) is 33.7 Å². The molecule has 0 spiro atoms. The fourth-order valence-corrected chi connectivity index (χ4v) is 4.70. The van der Waals surface area contributed by atoms with Crippen LogP contribution in [-0.2, 0) is 6.61 Å². The fraction of sp³-hybridized carbons (Fsp3) is 0.154. The topological polar surface area (TPSA) is 70.5 Å². The van der Waals surface area contributed by atoms with Crippen molar-refractivity contribution in [3.05, 3.63) is 104 Å². The molecule has 5 nitrogen and oxygen atoms in total. The number of hydrogen-bond donors (Lipinski definition) is 1. The van der Waals surface area contributed by atoms with Gasteiger partial charge in [-0.1, -0.05) is 28.1 Å². The zero-order valence-electron chi connectivity index (χ0n) is 17.9. The Hall–Kier alpha value is -3.47. The molecule has 2 aromatic carbocycles. The molecular formula is C26H19BrFN3O2. The Balaban J connectivity index is 1.64. The van der Waals surface area contributed by atoms with Crippen LogP contribution in [0.25, 0.3) is 11.2 Å². The highest BCUT2D eigenvalue weighted by atomic mass is 79.9.